The van der Waals surface area contributed by atoms with Crippen LogP contribution >= 0.6 is 11.3 Å². The molecule has 1 fully saturated rings. The van der Waals surface area contributed by atoms with Gasteiger partial charge in [0.15, 0.2) is 16.2 Å². The molecule has 1 saturated heterocycles. The van der Waals surface area contributed by atoms with Crippen molar-refractivity contribution in [2.45, 2.75) is 24.9 Å². The fourth-order valence-electron chi connectivity index (χ4n) is 4.75. The van der Waals surface area contributed by atoms with Crippen molar-refractivity contribution in [1.29, 1.82) is 0 Å². The molecule has 1 atom stereocenters. The van der Waals surface area contributed by atoms with E-state index in [0.29, 0.717) is 17.9 Å². The third-order valence-corrected chi connectivity index (χ3v) is 7.36. The highest BCUT2D eigenvalue weighted by molar-refractivity contribution is 7.16. The average molecular weight is 494 g/mol. The fourth-order valence-corrected chi connectivity index (χ4v) is 5.45. The van der Waals surface area contributed by atoms with E-state index in [4.69, 9.17) is 13.8 Å². The van der Waals surface area contributed by atoms with Crippen LogP contribution < -0.4 is 4.74 Å². The summed E-state index contributed by atoms with van der Waals surface area (Å²) in [5.74, 6) is 1.39. The summed E-state index contributed by atoms with van der Waals surface area (Å²) in [4.78, 5) is 3.13. The molecule has 1 aliphatic heterocycles. The summed E-state index contributed by atoms with van der Waals surface area (Å²) in [6.07, 6.45) is 1.22. The lowest BCUT2D eigenvalue weighted by molar-refractivity contribution is 0.0592. The number of fused-ring (bicyclic) bond motifs is 2. The van der Waals surface area contributed by atoms with Gasteiger partial charge in [-0.1, -0.05) is 10.3 Å². The van der Waals surface area contributed by atoms with Crippen LogP contribution in [0.25, 0.3) is 32.5 Å². The van der Waals surface area contributed by atoms with E-state index >= 15 is 0 Å². The van der Waals surface area contributed by atoms with E-state index in [1.54, 1.807) is 17.4 Å². The summed E-state index contributed by atoms with van der Waals surface area (Å²) in [7, 11) is 0. The van der Waals surface area contributed by atoms with Gasteiger partial charge in [-0.15, -0.1) is 11.3 Å². The molecule has 5 aromatic rings. The van der Waals surface area contributed by atoms with Gasteiger partial charge in [-0.2, -0.15) is 0 Å². The number of halogens is 1. The Hall–Kier alpha value is -3.27. The standard InChI is InChI=1S/C26H24FN3O4S/c27-18-3-6-21-23(13-18)33-28-24(21)16-7-10-30(11-8-16)14-19(31)15-32-20-4-1-17(2-5-20)25-22-9-12-35-26(22)29-34-25/h1-6,9,12-13,16,19,31H,7-8,10-11,14-15H2/t19-/m1/s1. The number of aliphatic hydroxyl groups is 1. The van der Waals surface area contributed by atoms with Gasteiger partial charge in [0.05, 0.1) is 11.1 Å². The lowest BCUT2D eigenvalue weighted by atomic mass is 9.91. The first-order valence-corrected chi connectivity index (χ1v) is 12.5. The third-order valence-electron chi connectivity index (χ3n) is 6.57. The molecular weight excluding hydrogens is 469 g/mol. The van der Waals surface area contributed by atoms with Gasteiger partial charge in [0, 0.05) is 29.5 Å². The van der Waals surface area contributed by atoms with Crippen molar-refractivity contribution in [2.24, 2.45) is 0 Å². The Balaban J connectivity index is 0.994. The van der Waals surface area contributed by atoms with Crippen molar-refractivity contribution in [2.75, 3.05) is 26.2 Å². The highest BCUT2D eigenvalue weighted by atomic mass is 32.1. The molecule has 9 heteroatoms. The van der Waals surface area contributed by atoms with Crippen LogP contribution in [-0.2, 0) is 0 Å². The normalized spacial score (nSPS) is 16.3. The first-order chi connectivity index (χ1) is 17.1. The van der Waals surface area contributed by atoms with Crippen molar-refractivity contribution < 1.29 is 23.3 Å². The number of nitrogens with zero attached hydrogens (tertiary/aromatic N) is 3. The molecular formula is C26H24FN3O4S. The number of rotatable bonds is 7. The number of ether oxygens (including phenoxy) is 1. The minimum Gasteiger partial charge on any atom is -0.491 e. The Morgan fingerprint density at radius 2 is 1.89 bits per heavy atom. The average Bonchev–Trinajstić information content (AvgIpc) is 3.60. The molecule has 0 bridgehead atoms. The van der Waals surface area contributed by atoms with E-state index in [2.05, 4.69) is 15.2 Å². The number of piperidine rings is 1. The summed E-state index contributed by atoms with van der Waals surface area (Å²) in [6.45, 7) is 2.46. The van der Waals surface area contributed by atoms with Gasteiger partial charge in [-0.25, -0.2) is 4.39 Å². The number of benzene rings is 2. The number of hydrogen-bond donors (Lipinski definition) is 1. The van der Waals surface area contributed by atoms with Crippen LogP contribution in [0.1, 0.15) is 24.5 Å². The quantitative estimate of drug-likeness (QED) is 0.322. The van der Waals surface area contributed by atoms with Gasteiger partial charge in [0.1, 0.15) is 24.3 Å². The molecule has 0 unspecified atom stereocenters. The maximum absolute atomic E-state index is 13.4. The maximum atomic E-state index is 13.4. The summed E-state index contributed by atoms with van der Waals surface area (Å²) in [6, 6.07) is 14.2. The molecule has 3 aromatic heterocycles. The van der Waals surface area contributed by atoms with Gasteiger partial charge < -0.3 is 23.8 Å². The Labute approximate surface area is 204 Å². The van der Waals surface area contributed by atoms with Gasteiger partial charge >= 0.3 is 0 Å². The van der Waals surface area contributed by atoms with Crippen LogP contribution in [-0.4, -0.2) is 52.7 Å². The molecule has 6 rings (SSSR count). The predicted molar refractivity (Wildman–Crippen MR) is 131 cm³/mol. The van der Waals surface area contributed by atoms with E-state index in [0.717, 1.165) is 58.6 Å². The number of aliphatic hydroxyl groups excluding tert-OH is 1. The Morgan fingerprint density at radius 1 is 1.06 bits per heavy atom. The number of likely N-dealkylation sites (tertiary alicyclic amines) is 1. The van der Waals surface area contributed by atoms with Crippen LogP contribution in [0.3, 0.4) is 0 Å². The fraction of sp³-hybridized carbons (Fsp3) is 0.308. The van der Waals surface area contributed by atoms with E-state index in [1.165, 1.54) is 12.1 Å². The van der Waals surface area contributed by atoms with Crippen molar-refractivity contribution in [3.05, 3.63) is 65.4 Å². The number of hydrogen-bond acceptors (Lipinski definition) is 8. The molecule has 0 amide bonds. The molecule has 180 valence electrons. The molecule has 0 saturated carbocycles. The largest absolute Gasteiger partial charge is 0.491 e. The maximum Gasteiger partial charge on any atom is 0.175 e. The van der Waals surface area contributed by atoms with E-state index in [9.17, 15) is 9.50 Å². The van der Waals surface area contributed by atoms with Crippen LogP contribution in [0.5, 0.6) is 5.75 Å². The molecule has 2 aromatic carbocycles. The van der Waals surface area contributed by atoms with Crippen molar-refractivity contribution in [3.8, 4) is 17.1 Å². The summed E-state index contributed by atoms with van der Waals surface area (Å²) in [5.41, 5.74) is 2.33. The van der Waals surface area contributed by atoms with Crippen molar-refractivity contribution in [3.63, 3.8) is 0 Å². The number of β-amino-alcohol motifs (C(OH)–C–C–N with tert-alkyl or cyclic N) is 1. The van der Waals surface area contributed by atoms with Crippen molar-refractivity contribution in [1.82, 2.24) is 15.2 Å². The monoisotopic (exact) mass is 493 g/mol. The SMILES string of the molecule is O[C@@H](COc1ccc(-c2onc3sccc23)cc1)CN1CCC(c2noc3cc(F)ccc23)CC1. The second-order valence-electron chi connectivity index (χ2n) is 8.92. The zero-order chi connectivity index (χ0) is 23.8. The lowest BCUT2D eigenvalue weighted by Gasteiger charge is -2.32. The van der Waals surface area contributed by atoms with Gasteiger partial charge in [-0.05, 0) is 73.8 Å². The van der Waals surface area contributed by atoms with Crippen molar-refractivity contribution >= 4 is 32.5 Å². The zero-order valence-corrected chi connectivity index (χ0v) is 19.7. The molecule has 0 radical (unpaired) electrons. The Kier molecular flexibility index (Phi) is 5.97. The highest BCUT2D eigenvalue weighted by Crippen LogP contribution is 2.34. The van der Waals surface area contributed by atoms with E-state index in [1.807, 2.05) is 35.7 Å². The van der Waals surface area contributed by atoms with Crippen LogP contribution in [0.15, 0.2) is 63.0 Å². The molecule has 35 heavy (non-hydrogen) atoms. The van der Waals surface area contributed by atoms with Crippen LogP contribution in [0, 0.1) is 5.82 Å². The second-order valence-corrected chi connectivity index (χ2v) is 9.82. The minimum absolute atomic E-state index is 0.218. The van der Waals surface area contributed by atoms with Gasteiger partial charge in [0.25, 0.3) is 0 Å². The Morgan fingerprint density at radius 3 is 2.71 bits per heavy atom. The highest BCUT2D eigenvalue weighted by Gasteiger charge is 2.26. The molecule has 0 spiro atoms. The molecule has 1 aliphatic rings. The van der Waals surface area contributed by atoms with E-state index < -0.39 is 6.10 Å². The molecule has 7 nitrogen and oxygen atoms in total. The summed E-state index contributed by atoms with van der Waals surface area (Å²) >= 11 is 1.55. The predicted octanol–water partition coefficient (Wildman–Crippen LogP) is 5.46. The van der Waals surface area contributed by atoms with Crippen LogP contribution in [0.2, 0.25) is 0 Å². The lowest BCUT2D eigenvalue weighted by Crippen LogP contribution is -2.40. The second kappa shape index (κ2) is 9.41. The first kappa shape index (κ1) is 22.2. The third kappa shape index (κ3) is 4.54. The van der Waals surface area contributed by atoms with Gasteiger partial charge in [0.2, 0.25) is 0 Å². The topological polar surface area (TPSA) is 84.8 Å². The minimum atomic E-state index is -0.596. The summed E-state index contributed by atoms with van der Waals surface area (Å²) in [5, 5.41) is 22.7. The molecule has 1 N–H and O–H groups in total. The number of thiophene rings is 1. The summed E-state index contributed by atoms with van der Waals surface area (Å²) < 4.78 is 30.0. The smallest absolute Gasteiger partial charge is 0.175 e. The zero-order valence-electron chi connectivity index (χ0n) is 18.9. The number of aromatic nitrogens is 2. The van der Waals surface area contributed by atoms with Gasteiger partial charge in [-0.3, -0.25) is 0 Å². The van der Waals surface area contributed by atoms with E-state index in [-0.39, 0.29) is 18.3 Å². The molecule has 0 aliphatic carbocycles. The molecule has 4 heterocycles. The first-order valence-electron chi connectivity index (χ1n) is 11.7. The Bertz CT molecular complexity index is 1440. The van der Waals surface area contributed by atoms with Crippen LogP contribution in [0.4, 0.5) is 4.39 Å².